The van der Waals surface area contributed by atoms with E-state index in [1.807, 2.05) is 42.5 Å². The molecule has 10 nitrogen and oxygen atoms in total. The van der Waals surface area contributed by atoms with Gasteiger partial charge in [0.2, 0.25) is 11.8 Å². The van der Waals surface area contributed by atoms with Crippen molar-refractivity contribution in [1.29, 1.82) is 0 Å². The molecule has 2 amide bonds. The number of rotatable bonds is 9. The lowest BCUT2D eigenvalue weighted by atomic mass is 10.0. The zero-order valence-electron chi connectivity index (χ0n) is 23.2. The standard InChI is InChI=1S/C31H33FN6O4/c32-25-7-1-3-9-27(25)38(29(39)21-37-28-10-4-2-8-26(28)34-35-37)30(31(40)33-20-24-6-5-17-42-24)22-11-13-23(14-12-22)36-15-18-41-19-16-36/h1-4,7-14,24,30H,5-6,15-21H2,(H,33,40)/t24-,30-/m1/s1. The number of aromatic nitrogens is 3. The molecule has 2 aliphatic heterocycles. The molecule has 1 aromatic heterocycles. The number of fused-ring (bicyclic) bond motifs is 1. The summed E-state index contributed by atoms with van der Waals surface area (Å²) in [5.74, 6) is -1.55. The third kappa shape index (κ3) is 5.97. The Kier molecular flexibility index (Phi) is 8.38. The van der Waals surface area contributed by atoms with Crippen molar-refractivity contribution in [2.45, 2.75) is 31.5 Å². The van der Waals surface area contributed by atoms with Gasteiger partial charge >= 0.3 is 0 Å². The fraction of sp³-hybridized carbons (Fsp3) is 0.355. The van der Waals surface area contributed by atoms with Crippen LogP contribution in [0.4, 0.5) is 15.8 Å². The van der Waals surface area contributed by atoms with E-state index < -0.39 is 23.7 Å². The van der Waals surface area contributed by atoms with E-state index in [4.69, 9.17) is 9.47 Å². The first-order chi connectivity index (χ1) is 20.6. The van der Waals surface area contributed by atoms with Crippen LogP contribution in [0, 0.1) is 5.82 Å². The molecule has 0 spiro atoms. The van der Waals surface area contributed by atoms with Crippen LogP contribution in [0.15, 0.2) is 72.8 Å². The highest BCUT2D eigenvalue weighted by Crippen LogP contribution is 2.32. The molecule has 6 rings (SSSR count). The van der Waals surface area contributed by atoms with Crippen molar-refractivity contribution < 1.29 is 23.5 Å². The number of carbonyl (C=O) groups is 2. The van der Waals surface area contributed by atoms with Crippen LogP contribution in [-0.2, 0) is 25.6 Å². The molecule has 4 aromatic rings. The number of ether oxygens (including phenoxy) is 2. The van der Waals surface area contributed by atoms with Gasteiger partial charge in [0, 0.05) is 31.9 Å². The Balaban J connectivity index is 1.37. The molecular formula is C31H33FN6O4. The van der Waals surface area contributed by atoms with Gasteiger partial charge in [0.25, 0.3) is 0 Å². The van der Waals surface area contributed by atoms with Crippen molar-refractivity contribution in [3.05, 3.63) is 84.2 Å². The summed E-state index contributed by atoms with van der Waals surface area (Å²) >= 11 is 0. The summed E-state index contributed by atoms with van der Waals surface area (Å²) < 4.78 is 28.1. The van der Waals surface area contributed by atoms with Gasteiger partial charge in [-0.25, -0.2) is 9.07 Å². The number of para-hydroxylation sites is 2. The van der Waals surface area contributed by atoms with E-state index in [0.29, 0.717) is 43.0 Å². The molecule has 0 unspecified atom stereocenters. The molecule has 2 fully saturated rings. The number of carbonyl (C=O) groups excluding carboxylic acids is 2. The van der Waals surface area contributed by atoms with E-state index in [9.17, 15) is 9.59 Å². The first-order valence-electron chi connectivity index (χ1n) is 14.3. The van der Waals surface area contributed by atoms with Crippen molar-refractivity contribution in [3.63, 3.8) is 0 Å². The number of anilines is 2. The zero-order valence-corrected chi connectivity index (χ0v) is 23.2. The normalized spacial score (nSPS) is 17.7. The van der Waals surface area contributed by atoms with Gasteiger partial charge in [0.05, 0.1) is 30.5 Å². The first-order valence-corrected chi connectivity index (χ1v) is 14.3. The first kappa shape index (κ1) is 27.8. The molecule has 11 heteroatoms. The Labute approximate surface area is 243 Å². The lowest BCUT2D eigenvalue weighted by Crippen LogP contribution is -2.47. The summed E-state index contributed by atoms with van der Waals surface area (Å²) in [6.07, 6.45) is 1.67. The Morgan fingerprint density at radius 1 is 1.00 bits per heavy atom. The Bertz CT molecular complexity index is 1530. The molecule has 0 saturated carbocycles. The molecule has 218 valence electrons. The Morgan fingerprint density at radius 3 is 2.52 bits per heavy atom. The van der Waals surface area contributed by atoms with Crippen LogP contribution < -0.4 is 15.1 Å². The average Bonchev–Trinajstić information content (AvgIpc) is 3.70. The second-order valence-corrected chi connectivity index (χ2v) is 10.4. The minimum Gasteiger partial charge on any atom is -0.378 e. The van der Waals surface area contributed by atoms with Crippen molar-refractivity contribution in [3.8, 4) is 0 Å². The summed E-state index contributed by atoms with van der Waals surface area (Å²) in [6.45, 7) is 3.51. The van der Waals surface area contributed by atoms with E-state index in [1.54, 1.807) is 18.2 Å². The van der Waals surface area contributed by atoms with E-state index in [1.165, 1.54) is 21.7 Å². The maximum Gasteiger partial charge on any atom is 0.249 e. The minimum atomic E-state index is -1.15. The van der Waals surface area contributed by atoms with Gasteiger partial charge in [-0.15, -0.1) is 5.10 Å². The van der Waals surface area contributed by atoms with Crippen LogP contribution >= 0.6 is 0 Å². The van der Waals surface area contributed by atoms with Crippen molar-refractivity contribution in [2.75, 3.05) is 49.3 Å². The van der Waals surface area contributed by atoms with Gasteiger partial charge in [-0.05, 0) is 54.8 Å². The van der Waals surface area contributed by atoms with Gasteiger partial charge in [-0.1, -0.05) is 41.6 Å². The number of hydrogen-bond donors (Lipinski definition) is 1. The van der Waals surface area contributed by atoms with E-state index in [0.717, 1.165) is 31.6 Å². The molecule has 3 heterocycles. The van der Waals surface area contributed by atoms with E-state index >= 15 is 4.39 Å². The predicted octanol–water partition coefficient (Wildman–Crippen LogP) is 3.48. The molecule has 2 atom stereocenters. The van der Waals surface area contributed by atoms with E-state index in [-0.39, 0.29) is 18.3 Å². The summed E-state index contributed by atoms with van der Waals surface area (Å²) in [7, 11) is 0. The van der Waals surface area contributed by atoms with Crippen LogP contribution in [0.3, 0.4) is 0 Å². The lowest BCUT2D eigenvalue weighted by Gasteiger charge is -2.33. The summed E-state index contributed by atoms with van der Waals surface area (Å²) in [4.78, 5) is 31.6. The predicted molar refractivity (Wildman–Crippen MR) is 156 cm³/mol. The summed E-state index contributed by atoms with van der Waals surface area (Å²) in [6, 6.07) is 19.6. The highest BCUT2D eigenvalue weighted by Gasteiger charge is 2.35. The molecule has 42 heavy (non-hydrogen) atoms. The largest absolute Gasteiger partial charge is 0.378 e. The second-order valence-electron chi connectivity index (χ2n) is 10.4. The maximum atomic E-state index is 15.4. The quantitative estimate of drug-likeness (QED) is 0.328. The van der Waals surface area contributed by atoms with Crippen molar-refractivity contribution in [1.82, 2.24) is 20.3 Å². The topological polar surface area (TPSA) is 102 Å². The fourth-order valence-corrected chi connectivity index (χ4v) is 5.53. The Morgan fingerprint density at radius 2 is 1.76 bits per heavy atom. The number of morpholine rings is 1. The van der Waals surface area contributed by atoms with Crippen LogP contribution in [0.2, 0.25) is 0 Å². The van der Waals surface area contributed by atoms with Crippen LogP contribution in [0.1, 0.15) is 24.4 Å². The Hall–Kier alpha value is -4.35. The zero-order chi connectivity index (χ0) is 28.9. The van der Waals surface area contributed by atoms with Gasteiger partial charge in [0.1, 0.15) is 23.9 Å². The van der Waals surface area contributed by atoms with Gasteiger partial charge in [-0.3, -0.25) is 14.5 Å². The molecule has 3 aromatic carbocycles. The molecule has 0 aliphatic carbocycles. The van der Waals surface area contributed by atoms with Crippen LogP contribution in [0.5, 0.6) is 0 Å². The number of nitrogens with zero attached hydrogens (tertiary/aromatic N) is 5. The third-order valence-electron chi connectivity index (χ3n) is 7.71. The number of hydrogen-bond acceptors (Lipinski definition) is 7. The van der Waals surface area contributed by atoms with Crippen molar-refractivity contribution >= 4 is 34.2 Å². The number of amides is 2. The van der Waals surface area contributed by atoms with Gasteiger partial charge < -0.3 is 19.7 Å². The molecule has 1 N–H and O–H groups in total. The lowest BCUT2D eigenvalue weighted by molar-refractivity contribution is -0.127. The molecule has 2 saturated heterocycles. The highest BCUT2D eigenvalue weighted by atomic mass is 19.1. The fourth-order valence-electron chi connectivity index (χ4n) is 5.53. The molecule has 2 aliphatic rings. The maximum absolute atomic E-state index is 15.4. The summed E-state index contributed by atoms with van der Waals surface area (Å²) in [5.41, 5.74) is 2.83. The van der Waals surface area contributed by atoms with E-state index in [2.05, 4.69) is 20.5 Å². The SMILES string of the molecule is O=C(NC[C@H]1CCCO1)[C@@H](c1ccc(N2CCOCC2)cc1)N(C(=O)Cn1nnc2ccccc21)c1ccccc1F. The van der Waals surface area contributed by atoms with Crippen LogP contribution in [-0.4, -0.2) is 72.4 Å². The van der Waals surface area contributed by atoms with Crippen LogP contribution in [0.25, 0.3) is 11.0 Å². The van der Waals surface area contributed by atoms with Crippen molar-refractivity contribution in [2.24, 2.45) is 0 Å². The van der Waals surface area contributed by atoms with Gasteiger partial charge in [0.15, 0.2) is 0 Å². The number of benzene rings is 3. The summed E-state index contributed by atoms with van der Waals surface area (Å²) in [5, 5.41) is 11.3. The third-order valence-corrected chi connectivity index (χ3v) is 7.71. The smallest absolute Gasteiger partial charge is 0.249 e. The monoisotopic (exact) mass is 572 g/mol. The van der Waals surface area contributed by atoms with Gasteiger partial charge in [-0.2, -0.15) is 0 Å². The average molecular weight is 573 g/mol. The number of nitrogens with one attached hydrogen (secondary N) is 1. The number of halogens is 1. The molecule has 0 radical (unpaired) electrons. The highest BCUT2D eigenvalue weighted by molar-refractivity contribution is 6.01. The minimum absolute atomic E-state index is 0.00134. The molecular weight excluding hydrogens is 539 g/mol. The second kappa shape index (κ2) is 12.7. The molecule has 0 bridgehead atoms.